The summed E-state index contributed by atoms with van der Waals surface area (Å²) < 4.78 is 10.5. The van der Waals surface area contributed by atoms with Crippen LogP contribution in [0.5, 0.6) is 5.88 Å². The van der Waals surface area contributed by atoms with Crippen molar-refractivity contribution in [2.45, 2.75) is 36.9 Å². The summed E-state index contributed by atoms with van der Waals surface area (Å²) in [5.74, 6) is 0.506. The number of ether oxygens (including phenoxy) is 2. The highest BCUT2D eigenvalue weighted by molar-refractivity contribution is 8.00. The van der Waals surface area contributed by atoms with Crippen molar-refractivity contribution in [1.29, 1.82) is 0 Å². The van der Waals surface area contributed by atoms with Gasteiger partial charge < -0.3 is 19.9 Å². The second-order valence-electron chi connectivity index (χ2n) is 7.78. The highest BCUT2D eigenvalue weighted by Gasteiger charge is 2.36. The molecule has 9 nitrogen and oxygen atoms in total. The van der Waals surface area contributed by atoms with Gasteiger partial charge in [0.25, 0.3) is 5.91 Å². The normalized spacial score (nSPS) is 17.6. The Morgan fingerprint density at radius 2 is 2.12 bits per heavy atom. The van der Waals surface area contributed by atoms with E-state index in [1.807, 2.05) is 0 Å². The third kappa shape index (κ3) is 5.16. The second-order valence-corrected chi connectivity index (χ2v) is 9.83. The molecule has 4 rings (SSSR count). The highest BCUT2D eigenvalue weighted by atomic mass is 32.2. The van der Waals surface area contributed by atoms with Gasteiger partial charge in [0.1, 0.15) is 16.4 Å². The predicted molar refractivity (Wildman–Crippen MR) is 125 cm³/mol. The van der Waals surface area contributed by atoms with Gasteiger partial charge >= 0.3 is 0 Å². The summed E-state index contributed by atoms with van der Waals surface area (Å²) in [6, 6.07) is 6.67. The van der Waals surface area contributed by atoms with E-state index >= 15 is 0 Å². The lowest BCUT2D eigenvalue weighted by Gasteiger charge is -2.23. The molecule has 2 N–H and O–H groups in total. The first kappa shape index (κ1) is 23.6. The monoisotopic (exact) mass is 488 g/mol. The molecular weight excluding hydrogens is 464 g/mol. The Morgan fingerprint density at radius 1 is 1.30 bits per heavy atom. The minimum absolute atomic E-state index is 0.111. The van der Waals surface area contributed by atoms with Crippen molar-refractivity contribution in [2.75, 3.05) is 26.1 Å². The summed E-state index contributed by atoms with van der Waals surface area (Å²) in [6.07, 6.45) is 0.713. The smallest absolute Gasteiger partial charge is 0.257 e. The van der Waals surface area contributed by atoms with Crippen LogP contribution >= 0.6 is 23.1 Å². The molecular formula is C22H24N4O5S2. The third-order valence-electron chi connectivity index (χ3n) is 5.21. The number of fused-ring (bicyclic) bond motifs is 1. The van der Waals surface area contributed by atoms with Gasteiger partial charge in [0.2, 0.25) is 5.88 Å². The van der Waals surface area contributed by atoms with Crippen molar-refractivity contribution in [2.24, 2.45) is 0 Å². The van der Waals surface area contributed by atoms with E-state index in [9.17, 15) is 14.7 Å². The lowest BCUT2D eigenvalue weighted by molar-refractivity contribution is -0.139. The van der Waals surface area contributed by atoms with Gasteiger partial charge in [-0.15, -0.1) is 11.3 Å². The van der Waals surface area contributed by atoms with Crippen LogP contribution in [0.2, 0.25) is 0 Å². The molecule has 2 atom stereocenters. The van der Waals surface area contributed by atoms with Crippen LogP contribution < -0.4 is 10.1 Å². The molecule has 3 aromatic rings. The molecule has 0 saturated carbocycles. The second kappa shape index (κ2) is 9.72. The van der Waals surface area contributed by atoms with Gasteiger partial charge in [0, 0.05) is 17.6 Å². The number of hydrogen-bond donors (Lipinski definition) is 2. The first-order valence-corrected chi connectivity index (χ1v) is 12.1. The Hall–Kier alpha value is -2.60. The topological polar surface area (TPSA) is 124 Å². The minimum atomic E-state index is -1.74. The third-order valence-corrected chi connectivity index (χ3v) is 7.52. The largest absolute Gasteiger partial charge is 0.481 e. The number of methoxy groups -OCH3 is 1. The molecule has 4 heterocycles. The molecule has 0 aliphatic carbocycles. The van der Waals surface area contributed by atoms with Gasteiger partial charge in [-0.2, -0.15) is 0 Å². The van der Waals surface area contributed by atoms with E-state index in [1.54, 1.807) is 31.2 Å². The van der Waals surface area contributed by atoms with Crippen LogP contribution in [0.25, 0.3) is 11.0 Å². The van der Waals surface area contributed by atoms with Crippen molar-refractivity contribution in [1.82, 2.24) is 20.3 Å². The zero-order chi connectivity index (χ0) is 23.6. The number of thioether (sulfide) groups is 1. The molecule has 1 aliphatic heterocycles. The first-order chi connectivity index (χ1) is 15.8. The van der Waals surface area contributed by atoms with E-state index in [-0.39, 0.29) is 17.6 Å². The molecule has 1 saturated heterocycles. The molecule has 0 radical (unpaired) electrons. The zero-order valence-corrected chi connectivity index (χ0v) is 20.1. The van der Waals surface area contributed by atoms with Crippen molar-refractivity contribution in [3.8, 4) is 5.88 Å². The fourth-order valence-corrected chi connectivity index (χ4v) is 5.32. The van der Waals surface area contributed by atoms with E-state index < -0.39 is 11.5 Å². The molecule has 33 heavy (non-hydrogen) atoms. The number of amides is 1. The SMILES string of the molecule is COc1ccc2nc(C)nc(SCC(=O)c3ccc([C@@](C)(O)C(=O)N[C@@H]4CCOC4)s3)c2n1. The van der Waals surface area contributed by atoms with Gasteiger partial charge in [-0.3, -0.25) is 9.59 Å². The lowest BCUT2D eigenvalue weighted by Crippen LogP contribution is -2.46. The summed E-state index contributed by atoms with van der Waals surface area (Å²) >= 11 is 2.37. The number of Topliss-reactive ketones (excluding diaryl/α,β-unsaturated/α-hetero) is 1. The van der Waals surface area contributed by atoms with E-state index in [1.165, 1.54) is 25.8 Å². The van der Waals surface area contributed by atoms with Crippen molar-refractivity contribution >= 4 is 45.8 Å². The molecule has 174 valence electrons. The molecule has 1 aliphatic rings. The minimum Gasteiger partial charge on any atom is -0.481 e. The van der Waals surface area contributed by atoms with Crippen LogP contribution in [0.3, 0.4) is 0 Å². The Bertz CT molecular complexity index is 1190. The van der Waals surface area contributed by atoms with Gasteiger partial charge in [-0.05, 0) is 38.5 Å². The number of aromatic nitrogens is 3. The van der Waals surface area contributed by atoms with Crippen LogP contribution in [0.4, 0.5) is 0 Å². The number of nitrogens with one attached hydrogen (secondary N) is 1. The molecule has 11 heteroatoms. The maximum Gasteiger partial charge on any atom is 0.257 e. The van der Waals surface area contributed by atoms with E-state index in [0.717, 1.165) is 11.3 Å². The maximum absolute atomic E-state index is 12.9. The number of ketones is 1. The van der Waals surface area contributed by atoms with Crippen molar-refractivity contribution in [3.05, 3.63) is 39.8 Å². The highest BCUT2D eigenvalue weighted by Crippen LogP contribution is 2.31. The van der Waals surface area contributed by atoms with Gasteiger partial charge in [0.15, 0.2) is 11.4 Å². The number of rotatable bonds is 8. The van der Waals surface area contributed by atoms with E-state index in [0.29, 0.717) is 57.2 Å². The van der Waals surface area contributed by atoms with Gasteiger partial charge in [-0.1, -0.05) is 11.8 Å². The number of hydrogen-bond acceptors (Lipinski definition) is 10. The Labute approximate surface area is 198 Å². The summed E-state index contributed by atoms with van der Waals surface area (Å²) in [5, 5.41) is 14.2. The predicted octanol–water partition coefficient (Wildman–Crippen LogP) is 2.49. The summed E-state index contributed by atoms with van der Waals surface area (Å²) in [6.45, 7) is 4.24. The van der Waals surface area contributed by atoms with Crippen LogP contribution in [-0.2, 0) is 15.1 Å². The molecule has 1 amide bonds. The molecule has 3 aromatic heterocycles. The van der Waals surface area contributed by atoms with Crippen molar-refractivity contribution < 1.29 is 24.2 Å². The molecule has 0 spiro atoms. The molecule has 1 fully saturated rings. The van der Waals surface area contributed by atoms with E-state index in [4.69, 9.17) is 9.47 Å². The van der Waals surface area contributed by atoms with Crippen molar-refractivity contribution in [3.63, 3.8) is 0 Å². The summed E-state index contributed by atoms with van der Waals surface area (Å²) in [4.78, 5) is 39.5. The fraction of sp³-hybridized carbons (Fsp3) is 0.409. The number of carbonyl (C=O) groups excluding carboxylic acids is 2. The maximum atomic E-state index is 12.9. The fourth-order valence-electron chi connectivity index (χ4n) is 3.34. The zero-order valence-electron chi connectivity index (χ0n) is 18.5. The number of carbonyl (C=O) groups is 2. The number of nitrogens with zero attached hydrogens (tertiary/aromatic N) is 3. The molecule has 0 bridgehead atoms. The molecule has 0 unspecified atom stereocenters. The van der Waals surface area contributed by atoms with Crippen LogP contribution in [0.1, 0.15) is 33.7 Å². The van der Waals surface area contributed by atoms with Crippen LogP contribution in [0, 0.1) is 6.92 Å². The number of aryl methyl sites for hydroxylation is 1. The first-order valence-electron chi connectivity index (χ1n) is 10.3. The Morgan fingerprint density at radius 3 is 2.85 bits per heavy atom. The van der Waals surface area contributed by atoms with Crippen LogP contribution in [0.15, 0.2) is 29.3 Å². The average molecular weight is 489 g/mol. The number of thiophene rings is 1. The summed E-state index contributed by atoms with van der Waals surface area (Å²) in [5.41, 5.74) is -0.495. The standard InChI is InChI=1S/C22H24N4O5S2/c1-12-23-14-4-7-18(30-3)26-19(14)20(24-12)32-11-15(27)16-5-6-17(33-16)22(2,29)21(28)25-13-8-9-31-10-13/h4-7,13,29H,8-11H2,1-3H3,(H,25,28)/t13-,22-/m1/s1. The Balaban J connectivity index is 1.46. The Kier molecular flexibility index (Phi) is 6.94. The van der Waals surface area contributed by atoms with E-state index in [2.05, 4.69) is 20.3 Å². The van der Waals surface area contributed by atoms with Gasteiger partial charge in [0.05, 0.1) is 35.9 Å². The van der Waals surface area contributed by atoms with Crippen LogP contribution in [-0.4, -0.2) is 63.9 Å². The molecule has 0 aromatic carbocycles. The lowest BCUT2D eigenvalue weighted by atomic mass is 10.0. The quantitative estimate of drug-likeness (QED) is 0.280. The summed E-state index contributed by atoms with van der Waals surface area (Å²) in [7, 11) is 1.53. The average Bonchev–Trinajstić information content (AvgIpc) is 3.49. The number of aliphatic hydroxyl groups is 1. The van der Waals surface area contributed by atoms with Gasteiger partial charge in [-0.25, -0.2) is 15.0 Å². The number of pyridine rings is 1.